The van der Waals surface area contributed by atoms with Crippen LogP contribution in [0.4, 0.5) is 4.39 Å². The smallest absolute Gasteiger partial charge is 0.149 e. The molecule has 0 radical (unpaired) electrons. The van der Waals surface area contributed by atoms with E-state index in [2.05, 4.69) is 22.0 Å². The van der Waals surface area contributed by atoms with Gasteiger partial charge in [-0.25, -0.2) is 9.37 Å². The number of likely N-dealkylation sites (tertiary alicyclic amines) is 1. The molecule has 1 saturated heterocycles. The summed E-state index contributed by atoms with van der Waals surface area (Å²) in [6.07, 6.45) is 2.04. The maximum Gasteiger partial charge on any atom is 0.149 e. The molecule has 0 saturated carbocycles. The van der Waals surface area contributed by atoms with Gasteiger partial charge in [0.2, 0.25) is 0 Å². The summed E-state index contributed by atoms with van der Waals surface area (Å²) >= 11 is 0. The number of piperidine rings is 1. The lowest BCUT2D eigenvalue weighted by Gasteiger charge is -2.32. The van der Waals surface area contributed by atoms with Crippen LogP contribution in [0.25, 0.3) is 10.9 Å². The number of aryl methyl sites for hydroxylation is 1. The van der Waals surface area contributed by atoms with Gasteiger partial charge in [0.1, 0.15) is 28.9 Å². The number of para-hydroxylation sites is 1. The molecule has 2 heterocycles. The van der Waals surface area contributed by atoms with Gasteiger partial charge in [0, 0.05) is 36.8 Å². The molecule has 5 heteroatoms. The van der Waals surface area contributed by atoms with Crippen LogP contribution in [0.15, 0.2) is 48.5 Å². The van der Waals surface area contributed by atoms with Crippen molar-refractivity contribution in [2.75, 3.05) is 20.2 Å². The fourth-order valence-electron chi connectivity index (χ4n) is 3.76. The fraction of sp³-hybridized carbons (Fsp3) is 0.348. The molecule has 0 bridgehead atoms. The van der Waals surface area contributed by atoms with Crippen LogP contribution in [-0.2, 0) is 6.54 Å². The molecule has 0 spiro atoms. The molecular weight excluding hydrogens is 355 g/mol. The molecule has 1 aliphatic rings. The van der Waals surface area contributed by atoms with E-state index in [0.29, 0.717) is 5.52 Å². The molecule has 28 heavy (non-hydrogen) atoms. The topological polar surface area (TPSA) is 34.6 Å². The van der Waals surface area contributed by atoms with E-state index in [-0.39, 0.29) is 11.9 Å². The van der Waals surface area contributed by atoms with Crippen molar-refractivity contribution in [3.05, 3.63) is 65.6 Å². The number of aromatic nitrogens is 1. The number of rotatable bonds is 5. The monoisotopic (exact) mass is 380 g/mol. The lowest BCUT2D eigenvalue weighted by atomic mass is 10.1. The summed E-state index contributed by atoms with van der Waals surface area (Å²) in [5, 5.41) is 0.742. The van der Waals surface area contributed by atoms with Gasteiger partial charge in [0.15, 0.2) is 0 Å². The van der Waals surface area contributed by atoms with Gasteiger partial charge in [0.05, 0.1) is 7.11 Å². The van der Waals surface area contributed by atoms with E-state index in [4.69, 9.17) is 9.47 Å². The second kappa shape index (κ2) is 8.15. The first kappa shape index (κ1) is 18.7. The van der Waals surface area contributed by atoms with Gasteiger partial charge >= 0.3 is 0 Å². The van der Waals surface area contributed by atoms with Gasteiger partial charge < -0.3 is 9.47 Å². The molecule has 2 aromatic carbocycles. The zero-order valence-corrected chi connectivity index (χ0v) is 16.3. The van der Waals surface area contributed by atoms with Crippen LogP contribution in [0.5, 0.6) is 11.5 Å². The van der Waals surface area contributed by atoms with Crippen LogP contribution in [0.3, 0.4) is 0 Å². The minimum absolute atomic E-state index is 0.139. The quantitative estimate of drug-likeness (QED) is 0.641. The van der Waals surface area contributed by atoms with Crippen LogP contribution >= 0.6 is 0 Å². The molecule has 3 aromatic rings. The molecule has 1 aromatic heterocycles. The Morgan fingerprint density at radius 1 is 1.11 bits per heavy atom. The van der Waals surface area contributed by atoms with Crippen LogP contribution in [0, 0.1) is 12.7 Å². The van der Waals surface area contributed by atoms with E-state index in [1.807, 2.05) is 31.2 Å². The first-order valence-electron chi connectivity index (χ1n) is 9.70. The van der Waals surface area contributed by atoms with E-state index >= 15 is 0 Å². The molecule has 4 nitrogen and oxygen atoms in total. The Labute approximate surface area is 164 Å². The van der Waals surface area contributed by atoms with Crippen LogP contribution < -0.4 is 9.47 Å². The number of hydrogen-bond donors (Lipinski definition) is 0. The van der Waals surface area contributed by atoms with E-state index in [9.17, 15) is 4.39 Å². The summed E-state index contributed by atoms with van der Waals surface area (Å²) < 4.78 is 25.6. The van der Waals surface area contributed by atoms with Crippen molar-refractivity contribution in [1.29, 1.82) is 0 Å². The summed E-state index contributed by atoms with van der Waals surface area (Å²) in [5.74, 6) is 1.31. The second-order valence-electron chi connectivity index (χ2n) is 7.34. The second-order valence-corrected chi connectivity index (χ2v) is 7.34. The molecule has 146 valence electrons. The summed E-state index contributed by atoms with van der Waals surface area (Å²) in [6, 6.07) is 15.2. The zero-order chi connectivity index (χ0) is 19.5. The number of halogens is 1. The first-order chi connectivity index (χ1) is 13.6. The molecule has 0 N–H and O–H groups in total. The molecule has 0 aliphatic carbocycles. The van der Waals surface area contributed by atoms with Crippen molar-refractivity contribution in [3.63, 3.8) is 0 Å². The Morgan fingerprint density at radius 2 is 1.86 bits per heavy atom. The van der Waals surface area contributed by atoms with Gasteiger partial charge in [-0.1, -0.05) is 18.2 Å². The number of fused-ring (bicyclic) bond motifs is 1. The van der Waals surface area contributed by atoms with Crippen molar-refractivity contribution in [1.82, 2.24) is 9.88 Å². The van der Waals surface area contributed by atoms with Crippen molar-refractivity contribution < 1.29 is 13.9 Å². The van der Waals surface area contributed by atoms with Gasteiger partial charge in [-0.3, -0.25) is 4.90 Å². The molecule has 1 fully saturated rings. The zero-order valence-electron chi connectivity index (χ0n) is 16.3. The summed E-state index contributed by atoms with van der Waals surface area (Å²) in [5.41, 5.74) is 2.44. The van der Waals surface area contributed by atoms with E-state index in [1.165, 1.54) is 11.6 Å². The van der Waals surface area contributed by atoms with E-state index in [1.54, 1.807) is 13.2 Å². The Bertz CT molecular complexity index is 951. The molecular formula is C23H25FN2O2. The third kappa shape index (κ3) is 4.09. The van der Waals surface area contributed by atoms with Crippen LogP contribution in [-0.4, -0.2) is 36.2 Å². The number of ether oxygens (including phenoxy) is 2. The highest BCUT2D eigenvalue weighted by Crippen LogP contribution is 2.29. The average Bonchev–Trinajstić information content (AvgIpc) is 2.71. The first-order valence-corrected chi connectivity index (χ1v) is 9.70. The van der Waals surface area contributed by atoms with E-state index in [0.717, 1.165) is 55.1 Å². The van der Waals surface area contributed by atoms with Gasteiger partial charge in [-0.2, -0.15) is 0 Å². The number of methoxy groups -OCH3 is 1. The molecule has 0 amide bonds. The van der Waals surface area contributed by atoms with Crippen LogP contribution in [0.2, 0.25) is 0 Å². The third-order valence-electron chi connectivity index (χ3n) is 5.27. The van der Waals surface area contributed by atoms with Crippen molar-refractivity contribution in [2.24, 2.45) is 0 Å². The fourth-order valence-corrected chi connectivity index (χ4v) is 3.76. The molecule has 1 aliphatic heterocycles. The van der Waals surface area contributed by atoms with Crippen molar-refractivity contribution in [3.8, 4) is 11.5 Å². The SMILES string of the molecule is COc1ccc(CN2CCC(Oc3cc(C)nc4c(F)cccc34)CC2)cc1. The van der Waals surface area contributed by atoms with Crippen LogP contribution in [0.1, 0.15) is 24.1 Å². The predicted molar refractivity (Wildman–Crippen MR) is 108 cm³/mol. The normalized spacial score (nSPS) is 15.7. The third-order valence-corrected chi connectivity index (χ3v) is 5.27. The number of pyridine rings is 1. The minimum Gasteiger partial charge on any atom is -0.497 e. The number of nitrogens with zero attached hydrogens (tertiary/aromatic N) is 2. The largest absolute Gasteiger partial charge is 0.497 e. The standard InChI is InChI=1S/C23H25FN2O2/c1-16-14-22(20-4-3-5-21(24)23(20)25-16)28-19-10-12-26(13-11-19)15-17-6-8-18(27-2)9-7-17/h3-9,14,19H,10-13,15H2,1-2H3. The van der Waals surface area contributed by atoms with Gasteiger partial charge in [-0.05, 0) is 49.6 Å². The lowest BCUT2D eigenvalue weighted by Crippen LogP contribution is -2.37. The maximum atomic E-state index is 14.1. The maximum absolute atomic E-state index is 14.1. The predicted octanol–water partition coefficient (Wildman–Crippen LogP) is 4.73. The van der Waals surface area contributed by atoms with Crippen molar-refractivity contribution >= 4 is 10.9 Å². The average molecular weight is 380 g/mol. The molecule has 4 rings (SSSR count). The Balaban J connectivity index is 1.39. The van der Waals surface area contributed by atoms with E-state index < -0.39 is 0 Å². The van der Waals surface area contributed by atoms with Gasteiger partial charge in [-0.15, -0.1) is 0 Å². The minimum atomic E-state index is -0.305. The summed E-state index contributed by atoms with van der Waals surface area (Å²) in [7, 11) is 1.68. The lowest BCUT2D eigenvalue weighted by molar-refractivity contribution is 0.0979. The highest BCUT2D eigenvalue weighted by Gasteiger charge is 2.22. The highest BCUT2D eigenvalue weighted by atomic mass is 19.1. The molecule has 0 unspecified atom stereocenters. The number of benzene rings is 2. The van der Waals surface area contributed by atoms with Crippen molar-refractivity contribution in [2.45, 2.75) is 32.4 Å². The summed E-state index contributed by atoms with van der Waals surface area (Å²) in [6.45, 7) is 4.76. The Morgan fingerprint density at radius 3 is 2.57 bits per heavy atom. The van der Waals surface area contributed by atoms with Gasteiger partial charge in [0.25, 0.3) is 0 Å². The number of hydrogen-bond acceptors (Lipinski definition) is 4. The summed E-state index contributed by atoms with van der Waals surface area (Å²) in [4.78, 5) is 6.77. The Kier molecular flexibility index (Phi) is 5.44. The highest BCUT2D eigenvalue weighted by molar-refractivity contribution is 5.85. The molecule has 0 atom stereocenters. The Hall–Kier alpha value is -2.66.